The number of esters is 3. The van der Waals surface area contributed by atoms with Gasteiger partial charge in [-0.15, -0.1) is 0 Å². The van der Waals surface area contributed by atoms with Crippen molar-refractivity contribution in [1.29, 1.82) is 0 Å². The van der Waals surface area contributed by atoms with Crippen LogP contribution in [0.4, 0.5) is 0 Å². The fourth-order valence-electron chi connectivity index (χ4n) is 10.1. The molecule has 0 saturated heterocycles. The van der Waals surface area contributed by atoms with Crippen molar-refractivity contribution >= 4 is 17.9 Å². The van der Waals surface area contributed by atoms with E-state index in [2.05, 4.69) is 32.9 Å². The summed E-state index contributed by atoms with van der Waals surface area (Å²) in [6.45, 7) is 6.71. The SMILES string of the molecule is CCCCCCC/C=C\CCCCCCCC(=O)OCC(COC(=O)CCCCCCCCCCCCCCCCCCCCCCC)OC(=O)CCCCCCCCCCCCCCCCCCCCC. The Morgan fingerprint density at radius 1 is 0.264 bits per heavy atom. The van der Waals surface area contributed by atoms with Gasteiger partial charge in [0, 0.05) is 19.3 Å². The highest BCUT2D eigenvalue weighted by Gasteiger charge is 2.19. The van der Waals surface area contributed by atoms with Gasteiger partial charge in [-0.3, -0.25) is 14.4 Å². The van der Waals surface area contributed by atoms with Crippen LogP contribution in [0.2, 0.25) is 0 Å². The average molecular weight is 1020 g/mol. The second-order valence-electron chi connectivity index (χ2n) is 22.4. The Morgan fingerprint density at radius 3 is 0.694 bits per heavy atom. The van der Waals surface area contributed by atoms with Gasteiger partial charge in [0.1, 0.15) is 13.2 Å². The fourth-order valence-corrected chi connectivity index (χ4v) is 10.1. The Bertz CT molecular complexity index is 1120. The lowest BCUT2D eigenvalue weighted by Gasteiger charge is -2.18. The van der Waals surface area contributed by atoms with Crippen molar-refractivity contribution in [2.45, 2.75) is 380 Å². The maximum atomic E-state index is 12.9. The van der Waals surface area contributed by atoms with E-state index in [9.17, 15) is 14.4 Å². The number of allylic oxidation sites excluding steroid dienone is 2. The van der Waals surface area contributed by atoms with Crippen molar-refractivity contribution in [2.75, 3.05) is 13.2 Å². The maximum Gasteiger partial charge on any atom is 0.306 e. The molecule has 0 N–H and O–H groups in total. The highest BCUT2D eigenvalue weighted by atomic mass is 16.6. The van der Waals surface area contributed by atoms with Crippen molar-refractivity contribution in [3.8, 4) is 0 Å². The molecule has 426 valence electrons. The van der Waals surface area contributed by atoms with Gasteiger partial charge >= 0.3 is 17.9 Å². The summed E-state index contributed by atoms with van der Waals surface area (Å²) in [5, 5.41) is 0. The fraction of sp³-hybridized carbons (Fsp3) is 0.924. The molecule has 1 unspecified atom stereocenters. The molecule has 0 spiro atoms. The zero-order valence-corrected chi connectivity index (χ0v) is 49.0. The molecular formula is C66H126O6. The van der Waals surface area contributed by atoms with Crippen LogP contribution in [0.1, 0.15) is 374 Å². The zero-order valence-electron chi connectivity index (χ0n) is 49.0. The molecule has 6 heteroatoms. The van der Waals surface area contributed by atoms with E-state index in [1.807, 2.05) is 0 Å². The van der Waals surface area contributed by atoms with Crippen LogP contribution in [-0.4, -0.2) is 37.2 Å². The Morgan fingerprint density at radius 2 is 0.458 bits per heavy atom. The molecule has 0 rings (SSSR count). The van der Waals surface area contributed by atoms with Crippen molar-refractivity contribution in [2.24, 2.45) is 0 Å². The highest BCUT2D eigenvalue weighted by Crippen LogP contribution is 2.18. The topological polar surface area (TPSA) is 78.9 Å². The van der Waals surface area contributed by atoms with Gasteiger partial charge in [-0.25, -0.2) is 0 Å². The highest BCUT2D eigenvalue weighted by molar-refractivity contribution is 5.71. The molecule has 0 aromatic rings. The molecule has 1 atom stereocenters. The summed E-state index contributed by atoms with van der Waals surface area (Å²) >= 11 is 0. The molecule has 0 saturated carbocycles. The first-order valence-corrected chi connectivity index (χ1v) is 32.7. The van der Waals surface area contributed by atoms with Crippen molar-refractivity contribution in [3.05, 3.63) is 12.2 Å². The van der Waals surface area contributed by atoms with Gasteiger partial charge in [0.15, 0.2) is 6.10 Å². The van der Waals surface area contributed by atoms with Gasteiger partial charge < -0.3 is 14.2 Å². The predicted molar refractivity (Wildman–Crippen MR) is 312 cm³/mol. The van der Waals surface area contributed by atoms with E-state index in [1.54, 1.807) is 0 Å². The monoisotopic (exact) mass is 1010 g/mol. The van der Waals surface area contributed by atoms with Gasteiger partial charge in [0.05, 0.1) is 0 Å². The summed E-state index contributed by atoms with van der Waals surface area (Å²) in [5.74, 6) is -0.843. The summed E-state index contributed by atoms with van der Waals surface area (Å²) in [6.07, 6.45) is 72.2. The van der Waals surface area contributed by atoms with Crippen LogP contribution in [0.25, 0.3) is 0 Å². The quantitative estimate of drug-likeness (QED) is 0.0261. The van der Waals surface area contributed by atoms with Gasteiger partial charge in [0.25, 0.3) is 0 Å². The molecule has 72 heavy (non-hydrogen) atoms. The number of carbonyl (C=O) groups is 3. The van der Waals surface area contributed by atoms with Crippen molar-refractivity contribution < 1.29 is 28.6 Å². The predicted octanol–water partition coefficient (Wildman–Crippen LogP) is 22.1. The molecule has 0 aliphatic heterocycles. The van der Waals surface area contributed by atoms with E-state index < -0.39 is 6.10 Å². The molecule has 0 radical (unpaired) electrons. The van der Waals surface area contributed by atoms with E-state index in [0.717, 1.165) is 64.2 Å². The summed E-state index contributed by atoms with van der Waals surface area (Å²) < 4.78 is 17.0. The molecule has 0 fully saturated rings. The van der Waals surface area contributed by atoms with Gasteiger partial charge in [0.2, 0.25) is 0 Å². The zero-order chi connectivity index (χ0) is 52.2. The lowest BCUT2D eigenvalue weighted by molar-refractivity contribution is -0.167. The van der Waals surface area contributed by atoms with Crippen LogP contribution < -0.4 is 0 Å². The van der Waals surface area contributed by atoms with Crippen LogP contribution in [0.3, 0.4) is 0 Å². The van der Waals surface area contributed by atoms with Gasteiger partial charge in [-0.05, 0) is 44.9 Å². The van der Waals surface area contributed by atoms with E-state index in [1.165, 1.54) is 270 Å². The second-order valence-corrected chi connectivity index (χ2v) is 22.4. The summed E-state index contributed by atoms with van der Waals surface area (Å²) in [4.78, 5) is 38.3. The van der Waals surface area contributed by atoms with Crippen LogP contribution in [0.5, 0.6) is 0 Å². The Kier molecular flexibility index (Phi) is 60.1. The molecule has 0 bridgehead atoms. The number of hydrogen-bond acceptors (Lipinski definition) is 6. The van der Waals surface area contributed by atoms with E-state index in [-0.39, 0.29) is 31.1 Å². The number of carbonyl (C=O) groups excluding carboxylic acids is 3. The molecule has 6 nitrogen and oxygen atoms in total. The molecule has 0 aromatic heterocycles. The first-order chi connectivity index (χ1) is 35.5. The first kappa shape index (κ1) is 70.1. The smallest absolute Gasteiger partial charge is 0.306 e. The second kappa shape index (κ2) is 61.7. The summed E-state index contributed by atoms with van der Waals surface area (Å²) in [5.41, 5.74) is 0. The normalized spacial score (nSPS) is 12.0. The molecule has 0 aliphatic rings. The Hall–Kier alpha value is -1.85. The molecule has 0 heterocycles. The number of ether oxygens (including phenoxy) is 3. The maximum absolute atomic E-state index is 12.9. The third-order valence-corrected chi connectivity index (χ3v) is 15.0. The van der Waals surface area contributed by atoms with Crippen LogP contribution in [0.15, 0.2) is 12.2 Å². The lowest BCUT2D eigenvalue weighted by atomic mass is 10.0. The third kappa shape index (κ3) is 59.0. The largest absolute Gasteiger partial charge is 0.462 e. The molecule has 0 amide bonds. The molecule has 0 aromatic carbocycles. The minimum absolute atomic E-state index is 0.0659. The standard InChI is InChI=1S/C66H126O6/c1-4-7-10-13-16-19-22-25-28-30-32-33-35-36-38-41-44-47-50-53-56-59-65(68)71-62-63(61-70-64(67)58-55-52-49-46-43-40-27-24-21-18-15-12-9-6-3)72-66(69)60-57-54-51-48-45-42-39-37-34-31-29-26-23-20-17-14-11-8-5-2/h24,27,63H,4-23,25-26,28-62H2,1-3H3/b27-24-. The Labute approximate surface area is 450 Å². The Balaban J connectivity index is 4.27. The number of hydrogen-bond donors (Lipinski definition) is 0. The third-order valence-electron chi connectivity index (χ3n) is 15.0. The first-order valence-electron chi connectivity index (χ1n) is 32.7. The lowest BCUT2D eigenvalue weighted by Crippen LogP contribution is -2.30. The van der Waals surface area contributed by atoms with E-state index in [0.29, 0.717) is 19.3 Å². The molecular weight excluding hydrogens is 889 g/mol. The van der Waals surface area contributed by atoms with Gasteiger partial charge in [-0.2, -0.15) is 0 Å². The van der Waals surface area contributed by atoms with E-state index in [4.69, 9.17) is 14.2 Å². The van der Waals surface area contributed by atoms with Crippen LogP contribution >= 0.6 is 0 Å². The number of rotatable bonds is 61. The van der Waals surface area contributed by atoms with Crippen LogP contribution in [0, 0.1) is 0 Å². The summed E-state index contributed by atoms with van der Waals surface area (Å²) in [7, 11) is 0. The van der Waals surface area contributed by atoms with Gasteiger partial charge in [-0.1, -0.05) is 322 Å². The van der Waals surface area contributed by atoms with E-state index >= 15 is 0 Å². The summed E-state index contributed by atoms with van der Waals surface area (Å²) in [6, 6.07) is 0. The minimum atomic E-state index is -0.769. The van der Waals surface area contributed by atoms with Crippen molar-refractivity contribution in [3.63, 3.8) is 0 Å². The average Bonchev–Trinajstić information content (AvgIpc) is 3.38. The number of unbranched alkanes of at least 4 members (excludes halogenated alkanes) is 48. The van der Waals surface area contributed by atoms with Crippen molar-refractivity contribution in [1.82, 2.24) is 0 Å². The minimum Gasteiger partial charge on any atom is -0.462 e. The van der Waals surface area contributed by atoms with Crippen LogP contribution in [-0.2, 0) is 28.6 Å². The molecule has 0 aliphatic carbocycles.